The van der Waals surface area contributed by atoms with Gasteiger partial charge in [0.1, 0.15) is 17.5 Å². The minimum absolute atomic E-state index is 0.0920. The van der Waals surface area contributed by atoms with Crippen LogP contribution in [0.4, 0.5) is 13.2 Å². The molecule has 3 rings (SSSR count). The second kappa shape index (κ2) is 8.36. The van der Waals surface area contributed by atoms with E-state index in [0.717, 1.165) is 12.3 Å². The average molecular weight is 409 g/mol. The van der Waals surface area contributed by atoms with Crippen LogP contribution in [0.3, 0.4) is 0 Å². The van der Waals surface area contributed by atoms with E-state index >= 15 is 0 Å². The summed E-state index contributed by atoms with van der Waals surface area (Å²) >= 11 is 0. The van der Waals surface area contributed by atoms with Crippen LogP contribution in [0.25, 0.3) is 0 Å². The molecule has 2 aromatic heterocycles. The number of alkyl halides is 3. The Balaban J connectivity index is 1.76. The SMILES string of the molecule is COc1ccncc1C(O)[C@H]1C[C@H](C)CN1C(=O)Cc1ccc(C(F)(F)F)nc1. The number of ether oxygens (including phenoxy) is 1. The molecule has 0 aromatic carbocycles. The van der Waals surface area contributed by atoms with E-state index < -0.39 is 24.0 Å². The number of carbonyl (C=O) groups is 1. The van der Waals surface area contributed by atoms with Gasteiger partial charge in [-0.15, -0.1) is 0 Å². The highest BCUT2D eigenvalue weighted by Gasteiger charge is 2.39. The zero-order valence-corrected chi connectivity index (χ0v) is 16.1. The summed E-state index contributed by atoms with van der Waals surface area (Å²) in [7, 11) is 1.49. The van der Waals surface area contributed by atoms with Crippen LogP contribution < -0.4 is 4.74 Å². The molecule has 0 bridgehead atoms. The number of carbonyl (C=O) groups excluding carboxylic acids is 1. The number of rotatable bonds is 5. The molecular weight excluding hydrogens is 387 g/mol. The van der Waals surface area contributed by atoms with Gasteiger partial charge in [0.15, 0.2) is 0 Å². The molecule has 3 heterocycles. The van der Waals surface area contributed by atoms with Crippen LogP contribution in [0.5, 0.6) is 5.75 Å². The number of hydrogen-bond donors (Lipinski definition) is 1. The van der Waals surface area contributed by atoms with E-state index in [9.17, 15) is 23.1 Å². The maximum Gasteiger partial charge on any atom is 0.433 e. The molecule has 29 heavy (non-hydrogen) atoms. The number of hydrogen-bond acceptors (Lipinski definition) is 5. The van der Waals surface area contributed by atoms with E-state index in [1.807, 2.05) is 6.92 Å². The van der Waals surface area contributed by atoms with Crippen LogP contribution in [-0.4, -0.2) is 45.6 Å². The minimum Gasteiger partial charge on any atom is -0.496 e. The third-order valence-corrected chi connectivity index (χ3v) is 5.06. The lowest BCUT2D eigenvalue weighted by Crippen LogP contribution is -2.40. The van der Waals surface area contributed by atoms with Crippen LogP contribution in [0.15, 0.2) is 36.8 Å². The Hall–Kier alpha value is -2.68. The van der Waals surface area contributed by atoms with Crippen LogP contribution >= 0.6 is 0 Å². The first kappa shape index (κ1) is 21.0. The summed E-state index contributed by atoms with van der Waals surface area (Å²) in [6.45, 7) is 2.43. The summed E-state index contributed by atoms with van der Waals surface area (Å²) in [5.74, 6) is 0.376. The second-order valence-corrected chi connectivity index (χ2v) is 7.24. The van der Waals surface area contributed by atoms with Crippen molar-refractivity contribution < 1.29 is 27.8 Å². The highest BCUT2D eigenvalue weighted by atomic mass is 19.4. The van der Waals surface area contributed by atoms with Gasteiger partial charge in [0, 0.05) is 30.7 Å². The molecular formula is C20H22F3N3O3. The van der Waals surface area contributed by atoms with Crippen LogP contribution in [0, 0.1) is 5.92 Å². The van der Waals surface area contributed by atoms with Crippen LogP contribution in [0.1, 0.15) is 36.3 Å². The lowest BCUT2D eigenvalue weighted by Gasteiger charge is -2.29. The van der Waals surface area contributed by atoms with E-state index in [0.29, 0.717) is 29.8 Å². The summed E-state index contributed by atoms with van der Waals surface area (Å²) in [6, 6.07) is 3.28. The van der Waals surface area contributed by atoms with E-state index in [1.54, 1.807) is 17.2 Å². The molecule has 0 aliphatic carbocycles. The van der Waals surface area contributed by atoms with Crippen molar-refractivity contribution in [2.45, 2.75) is 38.1 Å². The fourth-order valence-corrected chi connectivity index (χ4v) is 3.65. The fraction of sp³-hybridized carbons (Fsp3) is 0.450. The Kier molecular flexibility index (Phi) is 6.07. The monoisotopic (exact) mass is 409 g/mol. The summed E-state index contributed by atoms with van der Waals surface area (Å²) in [6.07, 6.45) is -0.887. The van der Waals surface area contributed by atoms with Gasteiger partial charge in [-0.3, -0.25) is 14.8 Å². The third kappa shape index (κ3) is 4.67. The number of amides is 1. The van der Waals surface area contributed by atoms with Gasteiger partial charge in [-0.1, -0.05) is 13.0 Å². The molecule has 0 radical (unpaired) electrons. The summed E-state index contributed by atoms with van der Waals surface area (Å²) < 4.78 is 43.2. The number of aliphatic hydroxyl groups excluding tert-OH is 1. The molecule has 9 heteroatoms. The molecule has 0 saturated carbocycles. The Morgan fingerprint density at radius 1 is 1.34 bits per heavy atom. The summed E-state index contributed by atoms with van der Waals surface area (Å²) in [5, 5.41) is 10.9. The molecule has 1 aliphatic heterocycles. The Morgan fingerprint density at radius 2 is 2.10 bits per heavy atom. The van der Waals surface area contributed by atoms with E-state index in [4.69, 9.17) is 4.74 Å². The third-order valence-electron chi connectivity index (χ3n) is 5.06. The van der Waals surface area contributed by atoms with Crippen LogP contribution in [0.2, 0.25) is 0 Å². The Morgan fingerprint density at radius 3 is 2.72 bits per heavy atom. The predicted octanol–water partition coefficient (Wildman–Crippen LogP) is 3.02. The minimum atomic E-state index is -4.52. The highest BCUT2D eigenvalue weighted by molar-refractivity contribution is 5.79. The standard InChI is InChI=1S/C20H22F3N3O3/c1-12-7-15(19(28)14-10-24-6-5-16(14)29-2)26(11-12)18(27)8-13-3-4-17(25-9-13)20(21,22)23/h3-6,9-10,12,15,19,28H,7-8,11H2,1-2H3/t12-,15+,19?/m0/s1. The van der Waals surface area contributed by atoms with E-state index in [-0.39, 0.29) is 18.2 Å². The molecule has 1 unspecified atom stereocenters. The first-order valence-electron chi connectivity index (χ1n) is 9.18. The molecule has 1 fully saturated rings. The van der Waals surface area contributed by atoms with E-state index in [1.165, 1.54) is 19.4 Å². The maximum atomic E-state index is 12.9. The van der Waals surface area contributed by atoms with Crippen molar-refractivity contribution in [1.82, 2.24) is 14.9 Å². The van der Waals surface area contributed by atoms with Crippen molar-refractivity contribution >= 4 is 5.91 Å². The fourth-order valence-electron chi connectivity index (χ4n) is 3.65. The van der Waals surface area contributed by atoms with Crippen molar-refractivity contribution in [1.29, 1.82) is 0 Å². The molecule has 2 aromatic rings. The van der Waals surface area contributed by atoms with Crippen molar-refractivity contribution in [3.63, 3.8) is 0 Å². The van der Waals surface area contributed by atoms with Gasteiger partial charge in [0.2, 0.25) is 5.91 Å². The highest BCUT2D eigenvalue weighted by Crippen LogP contribution is 2.36. The second-order valence-electron chi connectivity index (χ2n) is 7.24. The number of nitrogens with zero attached hydrogens (tertiary/aromatic N) is 3. The van der Waals surface area contributed by atoms with Gasteiger partial charge >= 0.3 is 6.18 Å². The number of halogens is 3. The maximum absolute atomic E-state index is 12.9. The van der Waals surface area contributed by atoms with Gasteiger partial charge in [0.25, 0.3) is 0 Å². The number of likely N-dealkylation sites (tertiary alicyclic amines) is 1. The molecule has 1 saturated heterocycles. The average Bonchev–Trinajstić information content (AvgIpc) is 3.09. The smallest absolute Gasteiger partial charge is 0.433 e. The number of aliphatic hydroxyl groups is 1. The summed E-state index contributed by atoms with van der Waals surface area (Å²) in [5.41, 5.74) is -0.127. The quantitative estimate of drug-likeness (QED) is 0.822. The molecule has 3 atom stereocenters. The Labute approximate surface area is 166 Å². The van der Waals surface area contributed by atoms with Gasteiger partial charge in [0.05, 0.1) is 19.6 Å². The van der Waals surface area contributed by atoms with Crippen molar-refractivity contribution in [3.8, 4) is 5.75 Å². The summed E-state index contributed by atoms with van der Waals surface area (Å²) in [4.78, 5) is 21.9. The van der Waals surface area contributed by atoms with Gasteiger partial charge in [-0.25, -0.2) is 0 Å². The number of pyridine rings is 2. The lowest BCUT2D eigenvalue weighted by atomic mass is 9.98. The van der Waals surface area contributed by atoms with Crippen molar-refractivity contribution in [3.05, 3.63) is 53.6 Å². The molecule has 156 valence electrons. The normalized spacial score (nSPS) is 20.6. The zero-order chi connectivity index (χ0) is 21.2. The van der Waals surface area contributed by atoms with Crippen LogP contribution in [-0.2, 0) is 17.4 Å². The van der Waals surface area contributed by atoms with Crippen molar-refractivity contribution in [2.75, 3.05) is 13.7 Å². The first-order chi connectivity index (χ1) is 13.7. The van der Waals surface area contributed by atoms with Gasteiger partial charge < -0.3 is 14.7 Å². The molecule has 0 spiro atoms. The molecule has 6 nitrogen and oxygen atoms in total. The zero-order valence-electron chi connectivity index (χ0n) is 16.1. The molecule has 1 aliphatic rings. The predicted molar refractivity (Wildman–Crippen MR) is 98.0 cm³/mol. The molecule has 1 N–H and O–H groups in total. The largest absolute Gasteiger partial charge is 0.496 e. The van der Waals surface area contributed by atoms with Gasteiger partial charge in [-0.05, 0) is 30.0 Å². The van der Waals surface area contributed by atoms with Crippen molar-refractivity contribution in [2.24, 2.45) is 5.92 Å². The molecule has 1 amide bonds. The Bertz CT molecular complexity index is 858. The van der Waals surface area contributed by atoms with E-state index in [2.05, 4.69) is 9.97 Å². The first-order valence-corrected chi connectivity index (χ1v) is 9.18. The number of methoxy groups -OCH3 is 1. The van der Waals surface area contributed by atoms with Gasteiger partial charge in [-0.2, -0.15) is 13.2 Å². The number of aromatic nitrogens is 2. The lowest BCUT2D eigenvalue weighted by molar-refractivity contribution is -0.141. The topological polar surface area (TPSA) is 75.6 Å².